The molecule has 0 spiro atoms. The number of unbranched alkanes of at least 4 members (excludes halogenated alkanes) is 6. The molecule has 0 aromatic heterocycles. The molecule has 0 amide bonds. The highest BCUT2D eigenvalue weighted by Gasteiger charge is 2.42. The van der Waals surface area contributed by atoms with Gasteiger partial charge in [0.1, 0.15) is 0 Å². The van der Waals surface area contributed by atoms with Crippen molar-refractivity contribution >= 4 is 5.78 Å². The average Bonchev–Trinajstić information content (AvgIpc) is 2.73. The SMILES string of the molecule is CCCCCCCCCC(=O)C1(OC)C(C)=CC=C1C. The van der Waals surface area contributed by atoms with Crippen LogP contribution in [0.5, 0.6) is 0 Å². The van der Waals surface area contributed by atoms with E-state index in [-0.39, 0.29) is 5.78 Å². The van der Waals surface area contributed by atoms with Crippen molar-refractivity contribution in [2.45, 2.75) is 77.7 Å². The van der Waals surface area contributed by atoms with Crippen molar-refractivity contribution in [3.63, 3.8) is 0 Å². The second-order valence-electron chi connectivity index (χ2n) is 5.88. The fourth-order valence-corrected chi connectivity index (χ4v) is 3.09. The van der Waals surface area contributed by atoms with Crippen LogP contribution in [0.3, 0.4) is 0 Å². The normalized spacial score (nSPS) is 17.0. The minimum atomic E-state index is -0.762. The molecule has 0 fully saturated rings. The van der Waals surface area contributed by atoms with Gasteiger partial charge in [-0.3, -0.25) is 4.79 Å². The number of carbonyl (C=O) groups is 1. The van der Waals surface area contributed by atoms with Crippen molar-refractivity contribution in [3.05, 3.63) is 23.3 Å². The predicted octanol–water partition coefficient (Wildman–Crippen LogP) is 4.99. The molecule has 0 heterocycles. The first-order chi connectivity index (χ1) is 9.59. The van der Waals surface area contributed by atoms with Gasteiger partial charge >= 0.3 is 0 Å². The maximum atomic E-state index is 12.5. The molecule has 0 radical (unpaired) electrons. The maximum Gasteiger partial charge on any atom is 0.173 e. The molecule has 1 rings (SSSR count). The molecule has 1 aliphatic rings. The van der Waals surface area contributed by atoms with Crippen LogP contribution in [0.4, 0.5) is 0 Å². The highest BCUT2D eigenvalue weighted by molar-refractivity contribution is 5.95. The van der Waals surface area contributed by atoms with Gasteiger partial charge in [0.15, 0.2) is 11.4 Å². The Morgan fingerprint density at radius 2 is 1.50 bits per heavy atom. The Hall–Kier alpha value is -0.890. The zero-order valence-electron chi connectivity index (χ0n) is 13.6. The van der Waals surface area contributed by atoms with E-state index in [0.717, 1.165) is 24.0 Å². The number of rotatable bonds is 10. The molecule has 1 aliphatic carbocycles. The first-order valence-corrected chi connectivity index (χ1v) is 8.04. The lowest BCUT2D eigenvalue weighted by Crippen LogP contribution is -2.41. The Labute approximate surface area is 124 Å². The lowest BCUT2D eigenvalue weighted by molar-refractivity contribution is -0.133. The molecule has 0 aliphatic heterocycles. The van der Waals surface area contributed by atoms with Crippen LogP contribution in [0.15, 0.2) is 23.3 Å². The molecular weight excluding hydrogens is 248 g/mol. The maximum absolute atomic E-state index is 12.5. The van der Waals surface area contributed by atoms with Gasteiger partial charge in [-0.2, -0.15) is 0 Å². The molecule has 0 bridgehead atoms. The molecule has 0 aromatic rings. The molecule has 2 nitrogen and oxygen atoms in total. The third kappa shape index (κ3) is 3.82. The lowest BCUT2D eigenvalue weighted by Gasteiger charge is -2.30. The van der Waals surface area contributed by atoms with Crippen molar-refractivity contribution < 1.29 is 9.53 Å². The zero-order valence-corrected chi connectivity index (χ0v) is 13.6. The highest BCUT2D eigenvalue weighted by atomic mass is 16.5. The fraction of sp³-hybridized carbons (Fsp3) is 0.722. The summed E-state index contributed by atoms with van der Waals surface area (Å²) >= 11 is 0. The number of Topliss-reactive ketones (excluding diaryl/α,β-unsaturated/α-hetero) is 1. The number of ether oxygens (including phenoxy) is 1. The minimum Gasteiger partial charge on any atom is -0.362 e. The summed E-state index contributed by atoms with van der Waals surface area (Å²) < 4.78 is 5.61. The molecule has 2 heteroatoms. The fourth-order valence-electron chi connectivity index (χ4n) is 3.09. The van der Waals surface area contributed by atoms with Gasteiger partial charge in [0.05, 0.1) is 0 Å². The van der Waals surface area contributed by atoms with Crippen LogP contribution < -0.4 is 0 Å². The van der Waals surface area contributed by atoms with Crippen LogP contribution in [0.25, 0.3) is 0 Å². The van der Waals surface area contributed by atoms with Crippen molar-refractivity contribution in [2.24, 2.45) is 0 Å². The number of hydrogen-bond acceptors (Lipinski definition) is 2. The average molecular weight is 278 g/mol. The summed E-state index contributed by atoms with van der Waals surface area (Å²) in [5.74, 6) is 0.216. The quantitative estimate of drug-likeness (QED) is 0.526. The van der Waals surface area contributed by atoms with Gasteiger partial charge in [-0.25, -0.2) is 0 Å². The van der Waals surface area contributed by atoms with Crippen molar-refractivity contribution in [1.29, 1.82) is 0 Å². The number of ketones is 1. The standard InChI is InChI=1S/C18H30O2/c1-5-6-7-8-9-10-11-12-17(19)18(20-4)15(2)13-14-16(18)3/h13-14H,5-12H2,1-4H3. The lowest BCUT2D eigenvalue weighted by atomic mass is 9.84. The van der Waals surface area contributed by atoms with E-state index in [1.807, 2.05) is 26.0 Å². The Kier molecular flexibility index (Phi) is 7.22. The van der Waals surface area contributed by atoms with E-state index < -0.39 is 5.60 Å². The van der Waals surface area contributed by atoms with Crippen molar-refractivity contribution in [1.82, 2.24) is 0 Å². The topological polar surface area (TPSA) is 26.3 Å². The van der Waals surface area contributed by atoms with E-state index in [1.54, 1.807) is 7.11 Å². The molecular formula is C18H30O2. The van der Waals surface area contributed by atoms with E-state index in [9.17, 15) is 4.79 Å². The third-order valence-electron chi connectivity index (χ3n) is 4.40. The van der Waals surface area contributed by atoms with Crippen molar-refractivity contribution in [3.8, 4) is 0 Å². The second kappa shape index (κ2) is 8.41. The monoisotopic (exact) mass is 278 g/mol. The Morgan fingerprint density at radius 3 is 2.00 bits per heavy atom. The van der Waals surface area contributed by atoms with Gasteiger partial charge in [-0.1, -0.05) is 57.6 Å². The zero-order chi connectivity index (χ0) is 15.0. The second-order valence-corrected chi connectivity index (χ2v) is 5.88. The van der Waals surface area contributed by atoms with Gasteiger partial charge in [0.25, 0.3) is 0 Å². The van der Waals surface area contributed by atoms with Crippen molar-refractivity contribution in [2.75, 3.05) is 7.11 Å². The summed E-state index contributed by atoms with van der Waals surface area (Å²) in [5, 5.41) is 0. The summed E-state index contributed by atoms with van der Waals surface area (Å²) in [5.41, 5.74) is 1.28. The van der Waals surface area contributed by atoms with Gasteiger partial charge < -0.3 is 4.74 Å². The molecule has 0 saturated carbocycles. The molecule has 0 N–H and O–H groups in total. The third-order valence-corrected chi connectivity index (χ3v) is 4.40. The van der Waals surface area contributed by atoms with Gasteiger partial charge in [0, 0.05) is 13.5 Å². The highest BCUT2D eigenvalue weighted by Crippen LogP contribution is 2.36. The summed E-state index contributed by atoms with van der Waals surface area (Å²) in [4.78, 5) is 12.5. The summed E-state index contributed by atoms with van der Waals surface area (Å²) in [6.45, 7) is 6.20. The van der Waals surface area contributed by atoms with E-state index in [1.165, 1.54) is 32.1 Å². The number of carbonyl (C=O) groups excluding carboxylic acids is 1. The molecule has 0 saturated heterocycles. The van der Waals surface area contributed by atoms with E-state index in [2.05, 4.69) is 6.92 Å². The number of methoxy groups -OCH3 is 1. The van der Waals surface area contributed by atoms with Crippen LogP contribution >= 0.6 is 0 Å². The van der Waals surface area contributed by atoms with Gasteiger partial charge in [-0.15, -0.1) is 0 Å². The molecule has 0 unspecified atom stereocenters. The van der Waals surface area contributed by atoms with E-state index >= 15 is 0 Å². The van der Waals surface area contributed by atoms with E-state index in [0.29, 0.717) is 6.42 Å². The molecule has 0 aromatic carbocycles. The minimum absolute atomic E-state index is 0.216. The van der Waals surface area contributed by atoms with Crippen LogP contribution in [-0.2, 0) is 9.53 Å². The van der Waals surface area contributed by atoms with Gasteiger partial charge in [0.2, 0.25) is 0 Å². The number of allylic oxidation sites excluding steroid dienone is 2. The van der Waals surface area contributed by atoms with E-state index in [4.69, 9.17) is 4.74 Å². The van der Waals surface area contributed by atoms with Crippen LogP contribution in [0.2, 0.25) is 0 Å². The Balaban J connectivity index is 2.35. The first kappa shape index (κ1) is 17.2. The van der Waals surface area contributed by atoms with Gasteiger partial charge in [-0.05, 0) is 31.4 Å². The van der Waals surface area contributed by atoms with Crippen LogP contribution in [-0.4, -0.2) is 18.5 Å². The molecule has 20 heavy (non-hydrogen) atoms. The summed E-state index contributed by atoms with van der Waals surface area (Å²) in [6.07, 6.45) is 13.3. The van der Waals surface area contributed by atoms with Crippen LogP contribution in [0, 0.1) is 0 Å². The Bertz CT molecular complexity index is 359. The smallest absolute Gasteiger partial charge is 0.173 e. The largest absolute Gasteiger partial charge is 0.362 e. The Morgan fingerprint density at radius 1 is 1.00 bits per heavy atom. The predicted molar refractivity (Wildman–Crippen MR) is 84.9 cm³/mol. The summed E-state index contributed by atoms with van der Waals surface area (Å²) in [7, 11) is 1.64. The summed E-state index contributed by atoms with van der Waals surface area (Å²) in [6, 6.07) is 0. The number of hydrogen-bond donors (Lipinski definition) is 0. The first-order valence-electron chi connectivity index (χ1n) is 8.04. The molecule has 114 valence electrons. The van der Waals surface area contributed by atoms with Crippen LogP contribution in [0.1, 0.15) is 72.1 Å². The molecule has 0 atom stereocenters.